The Labute approximate surface area is 191 Å². The van der Waals surface area contributed by atoms with Gasteiger partial charge in [-0.15, -0.1) is 11.7 Å². The van der Waals surface area contributed by atoms with Crippen LogP contribution in [0.5, 0.6) is 5.75 Å². The van der Waals surface area contributed by atoms with E-state index in [0.29, 0.717) is 10.9 Å². The van der Waals surface area contributed by atoms with E-state index in [0.717, 1.165) is 17.5 Å². The first-order valence-corrected chi connectivity index (χ1v) is 11.4. The number of benzene rings is 3. The van der Waals surface area contributed by atoms with Gasteiger partial charge in [0, 0.05) is 5.39 Å². The molecule has 3 aromatic rings. The van der Waals surface area contributed by atoms with E-state index in [9.17, 15) is 26.4 Å². The van der Waals surface area contributed by atoms with Crippen molar-refractivity contribution in [2.45, 2.75) is 38.3 Å². The average molecular weight is 480 g/mol. The van der Waals surface area contributed by atoms with Crippen LogP contribution in [0.3, 0.4) is 0 Å². The number of halogens is 3. The lowest BCUT2D eigenvalue weighted by atomic mass is 9.86. The molecule has 3 rings (SSSR count). The average Bonchev–Trinajstić information content (AvgIpc) is 2.74. The Morgan fingerprint density at radius 1 is 1.00 bits per heavy atom. The van der Waals surface area contributed by atoms with Crippen molar-refractivity contribution in [1.82, 2.24) is 5.32 Å². The number of carboxylic acids is 1. The standard InChI is InChI=1S/C24H24F3NO4S/c1-24(2,3)21(23(30)31)28-22(29)19-13-10-16-6-4-5-7-18(16)20(19)32-14-15-8-11-17(12-9-15)33(25,26)27/h4-13,21H,14H2,1-3H3,(H,28,29)(H,30,31). The molecule has 2 N–H and O–H groups in total. The van der Waals surface area contributed by atoms with Crippen molar-refractivity contribution in [3.8, 4) is 5.75 Å². The van der Waals surface area contributed by atoms with Crippen LogP contribution in [-0.4, -0.2) is 23.0 Å². The van der Waals surface area contributed by atoms with Gasteiger partial charge in [-0.2, -0.15) is 0 Å². The Kier molecular flexibility index (Phi) is 6.92. The second-order valence-electron chi connectivity index (χ2n) is 8.61. The number of carboxylic acid groups (broad SMARTS) is 1. The smallest absolute Gasteiger partial charge is 0.326 e. The lowest BCUT2D eigenvalue weighted by Crippen LogP contribution is -2.49. The highest BCUT2D eigenvalue weighted by Crippen LogP contribution is 2.60. The maximum absolute atomic E-state index is 13.1. The van der Waals surface area contributed by atoms with Gasteiger partial charge < -0.3 is 15.2 Å². The summed E-state index contributed by atoms with van der Waals surface area (Å²) in [6.07, 6.45) is 0. The highest BCUT2D eigenvalue weighted by Gasteiger charge is 2.33. The second kappa shape index (κ2) is 9.35. The number of carbonyl (C=O) groups is 2. The molecule has 1 amide bonds. The first-order valence-electron chi connectivity index (χ1n) is 10.1. The normalized spacial score (nSPS) is 13.4. The highest BCUT2D eigenvalue weighted by molar-refractivity contribution is 8.20. The minimum atomic E-state index is -5.31. The Balaban J connectivity index is 1.94. The van der Waals surface area contributed by atoms with Gasteiger partial charge in [0.1, 0.15) is 18.4 Å². The second-order valence-corrected chi connectivity index (χ2v) is 9.90. The van der Waals surface area contributed by atoms with Crippen LogP contribution in [0.1, 0.15) is 36.7 Å². The van der Waals surface area contributed by atoms with Crippen molar-refractivity contribution in [2.75, 3.05) is 0 Å². The predicted molar refractivity (Wildman–Crippen MR) is 122 cm³/mol. The highest BCUT2D eigenvalue weighted by atomic mass is 32.3. The number of rotatable bonds is 7. The van der Waals surface area contributed by atoms with Crippen molar-refractivity contribution in [2.24, 2.45) is 5.41 Å². The number of aliphatic carboxylic acids is 1. The molecule has 0 spiro atoms. The lowest BCUT2D eigenvalue weighted by Gasteiger charge is -2.28. The summed E-state index contributed by atoms with van der Waals surface area (Å²) >= 11 is -5.31. The molecule has 0 saturated heterocycles. The molecule has 0 radical (unpaired) electrons. The molecule has 33 heavy (non-hydrogen) atoms. The number of fused-ring (bicyclic) bond motifs is 1. The van der Waals surface area contributed by atoms with Gasteiger partial charge in [0.25, 0.3) is 5.91 Å². The molecule has 0 heterocycles. The Morgan fingerprint density at radius 3 is 2.21 bits per heavy atom. The van der Waals surface area contributed by atoms with Gasteiger partial charge in [-0.3, -0.25) is 4.79 Å². The van der Waals surface area contributed by atoms with Crippen LogP contribution in [0.2, 0.25) is 0 Å². The van der Waals surface area contributed by atoms with Crippen LogP contribution >= 0.6 is 11.2 Å². The molecule has 0 aliphatic carbocycles. The van der Waals surface area contributed by atoms with Crippen molar-refractivity contribution < 1.29 is 31.1 Å². The van der Waals surface area contributed by atoms with E-state index in [1.807, 2.05) is 12.1 Å². The third kappa shape index (κ3) is 5.78. The van der Waals surface area contributed by atoms with E-state index in [1.54, 1.807) is 45.0 Å². The Hall–Kier alpha value is -3.20. The molecule has 5 nitrogen and oxygen atoms in total. The summed E-state index contributed by atoms with van der Waals surface area (Å²) in [6, 6.07) is 14.0. The van der Waals surface area contributed by atoms with Gasteiger partial charge in [0.05, 0.1) is 10.5 Å². The third-order valence-corrected chi connectivity index (χ3v) is 5.89. The summed E-state index contributed by atoms with van der Waals surface area (Å²) in [5, 5.41) is 13.5. The quantitative estimate of drug-likeness (QED) is 0.408. The van der Waals surface area contributed by atoms with E-state index in [-0.39, 0.29) is 17.9 Å². The molecule has 1 atom stereocenters. The lowest BCUT2D eigenvalue weighted by molar-refractivity contribution is -0.142. The number of carbonyl (C=O) groups excluding carboxylic acids is 1. The van der Waals surface area contributed by atoms with Crippen LogP contribution in [0, 0.1) is 5.41 Å². The van der Waals surface area contributed by atoms with E-state index >= 15 is 0 Å². The fraction of sp³-hybridized carbons (Fsp3) is 0.250. The van der Waals surface area contributed by atoms with Crippen LogP contribution < -0.4 is 10.1 Å². The van der Waals surface area contributed by atoms with Crippen molar-refractivity contribution >= 4 is 33.8 Å². The zero-order chi connectivity index (χ0) is 24.4. The molecule has 3 aromatic carbocycles. The van der Waals surface area contributed by atoms with E-state index in [2.05, 4.69) is 5.32 Å². The van der Waals surface area contributed by atoms with Crippen LogP contribution in [0.4, 0.5) is 11.7 Å². The van der Waals surface area contributed by atoms with Gasteiger partial charge in [0.2, 0.25) is 11.2 Å². The van der Waals surface area contributed by atoms with Crippen LogP contribution in [0.15, 0.2) is 65.6 Å². The largest absolute Gasteiger partial charge is 0.487 e. The van der Waals surface area contributed by atoms with Gasteiger partial charge >= 0.3 is 5.97 Å². The van der Waals surface area contributed by atoms with Crippen LogP contribution in [0.25, 0.3) is 10.8 Å². The summed E-state index contributed by atoms with van der Waals surface area (Å²) in [4.78, 5) is 24.1. The minimum Gasteiger partial charge on any atom is -0.487 e. The first kappa shape index (κ1) is 24.4. The summed E-state index contributed by atoms with van der Waals surface area (Å²) < 4.78 is 44.6. The third-order valence-electron chi connectivity index (χ3n) is 5.09. The Bertz CT molecular complexity index is 1170. The first-order chi connectivity index (χ1) is 15.4. The molecular formula is C24H24F3NO4S. The zero-order valence-corrected chi connectivity index (χ0v) is 19.1. The summed E-state index contributed by atoms with van der Waals surface area (Å²) in [5.41, 5.74) is -0.0953. The summed E-state index contributed by atoms with van der Waals surface area (Å²) in [6.45, 7) is 5.05. The molecule has 0 aliphatic rings. The Morgan fingerprint density at radius 2 is 1.64 bits per heavy atom. The van der Waals surface area contributed by atoms with E-state index in [4.69, 9.17) is 4.74 Å². The van der Waals surface area contributed by atoms with Gasteiger partial charge in [-0.05, 0) is 34.6 Å². The van der Waals surface area contributed by atoms with Crippen molar-refractivity contribution in [3.63, 3.8) is 0 Å². The SMILES string of the molecule is CC(C)(C)C(NC(=O)c1ccc2ccccc2c1OCc1ccc(S(F)(F)F)cc1)C(=O)O. The fourth-order valence-electron chi connectivity index (χ4n) is 3.33. The van der Waals surface area contributed by atoms with Gasteiger partial charge in [-0.25, -0.2) is 4.79 Å². The predicted octanol–water partition coefficient (Wildman–Crippen LogP) is 6.46. The molecule has 176 valence electrons. The molecule has 1 unspecified atom stereocenters. The molecule has 0 saturated carbocycles. The van der Waals surface area contributed by atoms with E-state index in [1.165, 1.54) is 12.1 Å². The summed E-state index contributed by atoms with van der Waals surface area (Å²) in [7, 11) is 0. The molecule has 0 aliphatic heterocycles. The molecular weight excluding hydrogens is 455 g/mol. The zero-order valence-electron chi connectivity index (χ0n) is 18.3. The number of hydrogen-bond donors (Lipinski definition) is 2. The maximum atomic E-state index is 13.1. The maximum Gasteiger partial charge on any atom is 0.326 e. The molecule has 0 fully saturated rings. The number of amides is 1. The summed E-state index contributed by atoms with van der Waals surface area (Å²) in [5.74, 6) is -1.55. The van der Waals surface area contributed by atoms with Crippen LogP contribution in [-0.2, 0) is 11.4 Å². The fourth-order valence-corrected chi connectivity index (χ4v) is 3.78. The molecule has 9 heteroatoms. The number of nitrogens with one attached hydrogen (secondary N) is 1. The topological polar surface area (TPSA) is 75.6 Å². The molecule has 0 bridgehead atoms. The van der Waals surface area contributed by atoms with Gasteiger partial charge in [-0.1, -0.05) is 63.2 Å². The van der Waals surface area contributed by atoms with Crippen molar-refractivity contribution in [1.29, 1.82) is 0 Å². The van der Waals surface area contributed by atoms with Gasteiger partial charge in [0.15, 0.2) is 0 Å². The monoisotopic (exact) mass is 479 g/mol. The number of ether oxygens (including phenoxy) is 1. The minimum absolute atomic E-state index is 0.0661. The van der Waals surface area contributed by atoms with Crippen molar-refractivity contribution in [3.05, 3.63) is 71.8 Å². The number of hydrogen-bond acceptors (Lipinski definition) is 3. The molecule has 0 aromatic heterocycles. The van der Waals surface area contributed by atoms with E-state index < -0.39 is 39.4 Å².